The van der Waals surface area contributed by atoms with Gasteiger partial charge in [0.25, 0.3) is 0 Å². The summed E-state index contributed by atoms with van der Waals surface area (Å²) in [5.74, 6) is 1.06. The third kappa shape index (κ3) is 4.25. The molecule has 1 aromatic rings. The minimum absolute atomic E-state index is 0.141. The highest BCUT2D eigenvalue weighted by Gasteiger charge is 2.26. The van der Waals surface area contributed by atoms with Gasteiger partial charge in [-0.05, 0) is 48.6 Å². The molecule has 21 heavy (non-hydrogen) atoms. The Morgan fingerprint density at radius 3 is 2.00 bits per heavy atom. The van der Waals surface area contributed by atoms with Crippen molar-refractivity contribution in [3.05, 3.63) is 29.3 Å². The summed E-state index contributed by atoms with van der Waals surface area (Å²) in [4.78, 5) is 0. The molecule has 0 bridgehead atoms. The Kier molecular flexibility index (Phi) is 5.90. The number of ether oxygens (including phenoxy) is 1. The van der Waals surface area contributed by atoms with E-state index in [0.29, 0.717) is 0 Å². The van der Waals surface area contributed by atoms with E-state index in [-0.39, 0.29) is 16.9 Å². The maximum atomic E-state index is 6.18. The van der Waals surface area contributed by atoms with Gasteiger partial charge in [-0.15, -0.1) is 0 Å². The van der Waals surface area contributed by atoms with Crippen molar-refractivity contribution in [2.75, 3.05) is 0 Å². The summed E-state index contributed by atoms with van der Waals surface area (Å²) in [7, 11) is 0. The summed E-state index contributed by atoms with van der Waals surface area (Å²) in [5.41, 5.74) is 3.12. The molecule has 0 spiro atoms. The first-order chi connectivity index (χ1) is 9.67. The molecule has 0 radical (unpaired) electrons. The second kappa shape index (κ2) is 6.85. The molecule has 0 aliphatic heterocycles. The molecule has 1 heteroatoms. The molecule has 1 rings (SSSR count). The smallest absolute Gasteiger partial charge is 0.123 e. The third-order valence-electron chi connectivity index (χ3n) is 5.16. The normalized spacial score (nSPS) is 14.1. The number of hydrogen-bond donors (Lipinski definition) is 0. The first-order valence-electron chi connectivity index (χ1n) is 8.49. The van der Waals surface area contributed by atoms with Crippen LogP contribution in [-0.4, -0.2) is 6.10 Å². The van der Waals surface area contributed by atoms with E-state index < -0.39 is 0 Å². The standard InChI is InChI=1S/C20H34O/c1-9-15(4)21-18-13-12-16(19(5,6)10-2)14-17(18)20(7,8)11-3/h12-15H,9-11H2,1-8H3. The molecule has 1 nitrogen and oxygen atoms in total. The fourth-order valence-electron chi connectivity index (χ4n) is 2.28. The van der Waals surface area contributed by atoms with E-state index in [0.717, 1.165) is 25.0 Å². The predicted octanol–water partition coefficient (Wildman–Crippen LogP) is 6.24. The first kappa shape index (κ1) is 18.1. The molecule has 1 unspecified atom stereocenters. The van der Waals surface area contributed by atoms with Crippen LogP contribution in [0, 0.1) is 0 Å². The van der Waals surface area contributed by atoms with Crippen molar-refractivity contribution in [2.45, 2.75) is 91.6 Å². The lowest BCUT2D eigenvalue weighted by atomic mass is 9.76. The Balaban J connectivity index is 3.33. The van der Waals surface area contributed by atoms with Crippen molar-refractivity contribution >= 4 is 0 Å². The van der Waals surface area contributed by atoms with Gasteiger partial charge in [0.05, 0.1) is 6.10 Å². The zero-order chi connectivity index (χ0) is 16.3. The summed E-state index contributed by atoms with van der Waals surface area (Å²) in [6.07, 6.45) is 3.56. The van der Waals surface area contributed by atoms with Crippen molar-refractivity contribution in [1.29, 1.82) is 0 Å². The monoisotopic (exact) mass is 290 g/mol. The van der Waals surface area contributed by atoms with Crippen LogP contribution < -0.4 is 4.74 Å². The molecule has 0 saturated heterocycles. The molecule has 0 fully saturated rings. The van der Waals surface area contributed by atoms with Crippen molar-refractivity contribution in [3.63, 3.8) is 0 Å². The molecular formula is C20H34O. The molecule has 0 N–H and O–H groups in total. The molecule has 0 saturated carbocycles. The second-order valence-electron chi connectivity index (χ2n) is 7.52. The lowest BCUT2D eigenvalue weighted by Crippen LogP contribution is -2.22. The van der Waals surface area contributed by atoms with Crippen LogP contribution in [0.15, 0.2) is 18.2 Å². The highest BCUT2D eigenvalue weighted by atomic mass is 16.5. The van der Waals surface area contributed by atoms with E-state index >= 15 is 0 Å². The first-order valence-corrected chi connectivity index (χ1v) is 8.49. The minimum atomic E-state index is 0.141. The molecule has 120 valence electrons. The van der Waals surface area contributed by atoms with Crippen LogP contribution >= 0.6 is 0 Å². The molecular weight excluding hydrogens is 256 g/mol. The van der Waals surface area contributed by atoms with Crippen LogP contribution in [0.2, 0.25) is 0 Å². The Bertz CT molecular complexity index is 457. The van der Waals surface area contributed by atoms with Gasteiger partial charge in [-0.2, -0.15) is 0 Å². The molecule has 1 aromatic carbocycles. The largest absolute Gasteiger partial charge is 0.490 e. The summed E-state index contributed by atoms with van der Waals surface area (Å²) in [5, 5.41) is 0. The van der Waals surface area contributed by atoms with Crippen LogP contribution in [0.25, 0.3) is 0 Å². The maximum absolute atomic E-state index is 6.18. The van der Waals surface area contributed by atoms with Crippen LogP contribution in [0.5, 0.6) is 5.75 Å². The maximum Gasteiger partial charge on any atom is 0.123 e. The summed E-state index contributed by atoms with van der Waals surface area (Å²) >= 11 is 0. The van der Waals surface area contributed by atoms with Gasteiger partial charge in [-0.25, -0.2) is 0 Å². The van der Waals surface area contributed by atoms with Crippen LogP contribution in [0.3, 0.4) is 0 Å². The zero-order valence-electron chi connectivity index (χ0n) is 15.3. The molecule has 0 amide bonds. The SMILES string of the molecule is CCC(C)Oc1ccc(C(C)(C)CC)cc1C(C)(C)CC. The average Bonchev–Trinajstić information content (AvgIpc) is 2.47. The van der Waals surface area contributed by atoms with E-state index in [1.54, 1.807) is 0 Å². The number of hydrogen-bond acceptors (Lipinski definition) is 1. The molecule has 0 aliphatic carbocycles. The second-order valence-corrected chi connectivity index (χ2v) is 7.52. The fourth-order valence-corrected chi connectivity index (χ4v) is 2.28. The Morgan fingerprint density at radius 2 is 1.52 bits per heavy atom. The molecule has 1 atom stereocenters. The lowest BCUT2D eigenvalue weighted by Gasteiger charge is -2.31. The van der Waals surface area contributed by atoms with Gasteiger partial charge < -0.3 is 4.74 Å². The van der Waals surface area contributed by atoms with Gasteiger partial charge in [0.1, 0.15) is 5.75 Å². The zero-order valence-corrected chi connectivity index (χ0v) is 15.3. The van der Waals surface area contributed by atoms with Gasteiger partial charge in [0.15, 0.2) is 0 Å². The van der Waals surface area contributed by atoms with Crippen molar-refractivity contribution in [1.82, 2.24) is 0 Å². The van der Waals surface area contributed by atoms with Crippen LogP contribution in [-0.2, 0) is 10.8 Å². The predicted molar refractivity (Wildman–Crippen MR) is 93.5 cm³/mol. The Morgan fingerprint density at radius 1 is 0.952 bits per heavy atom. The summed E-state index contributed by atoms with van der Waals surface area (Å²) < 4.78 is 6.18. The lowest BCUT2D eigenvalue weighted by molar-refractivity contribution is 0.211. The van der Waals surface area contributed by atoms with Crippen molar-refractivity contribution < 1.29 is 4.74 Å². The van der Waals surface area contributed by atoms with Crippen LogP contribution in [0.4, 0.5) is 0 Å². The van der Waals surface area contributed by atoms with E-state index in [2.05, 4.69) is 73.6 Å². The highest BCUT2D eigenvalue weighted by Crippen LogP contribution is 2.38. The molecule has 0 aliphatic rings. The minimum Gasteiger partial charge on any atom is -0.490 e. The third-order valence-corrected chi connectivity index (χ3v) is 5.16. The van der Waals surface area contributed by atoms with Crippen molar-refractivity contribution in [3.8, 4) is 5.75 Å². The average molecular weight is 290 g/mol. The highest BCUT2D eigenvalue weighted by molar-refractivity contribution is 5.44. The van der Waals surface area contributed by atoms with E-state index in [1.165, 1.54) is 11.1 Å². The van der Waals surface area contributed by atoms with Gasteiger partial charge >= 0.3 is 0 Å². The quantitative estimate of drug-likeness (QED) is 0.577. The topological polar surface area (TPSA) is 9.23 Å². The molecule has 0 heterocycles. The van der Waals surface area contributed by atoms with Crippen LogP contribution in [0.1, 0.15) is 85.8 Å². The van der Waals surface area contributed by atoms with Gasteiger partial charge in [0, 0.05) is 5.56 Å². The van der Waals surface area contributed by atoms with E-state index in [1.807, 2.05) is 0 Å². The fraction of sp³-hybridized carbons (Fsp3) is 0.700. The number of benzene rings is 1. The van der Waals surface area contributed by atoms with Crippen molar-refractivity contribution in [2.24, 2.45) is 0 Å². The number of rotatable bonds is 7. The molecule has 0 aromatic heterocycles. The van der Waals surface area contributed by atoms with E-state index in [9.17, 15) is 0 Å². The van der Waals surface area contributed by atoms with E-state index in [4.69, 9.17) is 4.74 Å². The van der Waals surface area contributed by atoms with Gasteiger partial charge in [-0.3, -0.25) is 0 Å². The Hall–Kier alpha value is -0.980. The summed E-state index contributed by atoms with van der Waals surface area (Å²) in [6, 6.07) is 6.81. The van der Waals surface area contributed by atoms with Gasteiger partial charge in [0.2, 0.25) is 0 Å². The summed E-state index contributed by atoms with van der Waals surface area (Å²) in [6.45, 7) is 18.1. The Labute approximate surface area is 132 Å². The van der Waals surface area contributed by atoms with Gasteiger partial charge in [-0.1, -0.05) is 60.6 Å².